The van der Waals surface area contributed by atoms with E-state index in [2.05, 4.69) is 29.1 Å². The fourth-order valence-corrected chi connectivity index (χ4v) is 1.85. The second-order valence-electron chi connectivity index (χ2n) is 3.55. The molecule has 84 valence electrons. The third kappa shape index (κ3) is 5.59. The third-order valence-corrected chi connectivity index (χ3v) is 2.73. The number of hydrogen-bond acceptors (Lipinski definition) is 4. The van der Waals surface area contributed by atoms with Gasteiger partial charge in [-0.2, -0.15) is 0 Å². The van der Waals surface area contributed by atoms with Gasteiger partial charge in [0.25, 0.3) is 5.56 Å². The number of nitrogens with one attached hydrogen (secondary N) is 2. The minimum absolute atomic E-state index is 0.0900. The lowest BCUT2D eigenvalue weighted by Crippen LogP contribution is -2.23. The number of aromatic amines is 1. The minimum atomic E-state index is -0.0900. The smallest absolute Gasteiger partial charge is 0.251 e. The summed E-state index contributed by atoms with van der Waals surface area (Å²) in [5.41, 5.74) is -0.0900. The van der Waals surface area contributed by atoms with Crippen molar-refractivity contribution in [2.75, 3.05) is 12.3 Å². The number of H-pyrrole nitrogens is 1. The molecule has 1 aromatic heterocycles. The van der Waals surface area contributed by atoms with E-state index >= 15 is 0 Å². The highest BCUT2D eigenvalue weighted by Gasteiger charge is 1.96. The van der Waals surface area contributed by atoms with Crippen LogP contribution >= 0.6 is 11.8 Å². The standard InChI is InChI=1S/C10H17N3OS/c1-8(2)11-5-3-7-15-10-12-6-4-9(14)13-10/h4,6,8,11H,3,5,7H2,1-2H3,(H,12,13,14). The zero-order valence-electron chi connectivity index (χ0n) is 9.12. The molecule has 1 heterocycles. The van der Waals surface area contributed by atoms with Gasteiger partial charge < -0.3 is 10.3 Å². The zero-order chi connectivity index (χ0) is 11.1. The highest BCUT2D eigenvalue weighted by molar-refractivity contribution is 7.99. The molecule has 2 N–H and O–H groups in total. The van der Waals surface area contributed by atoms with Gasteiger partial charge in [0, 0.05) is 24.1 Å². The maximum Gasteiger partial charge on any atom is 0.251 e. The topological polar surface area (TPSA) is 57.8 Å². The van der Waals surface area contributed by atoms with Crippen molar-refractivity contribution in [1.29, 1.82) is 0 Å². The first-order valence-electron chi connectivity index (χ1n) is 5.10. The van der Waals surface area contributed by atoms with Gasteiger partial charge in [0.1, 0.15) is 0 Å². The van der Waals surface area contributed by atoms with Crippen LogP contribution in [0.3, 0.4) is 0 Å². The zero-order valence-corrected chi connectivity index (χ0v) is 9.93. The van der Waals surface area contributed by atoms with Gasteiger partial charge in [0.05, 0.1) is 0 Å². The quantitative estimate of drug-likeness (QED) is 0.436. The molecule has 0 aliphatic heterocycles. The van der Waals surface area contributed by atoms with E-state index in [1.807, 2.05) is 0 Å². The van der Waals surface area contributed by atoms with Gasteiger partial charge in [0.15, 0.2) is 5.16 Å². The van der Waals surface area contributed by atoms with Crippen molar-refractivity contribution in [3.63, 3.8) is 0 Å². The minimum Gasteiger partial charge on any atom is -0.315 e. The Morgan fingerprint density at radius 1 is 1.60 bits per heavy atom. The second kappa shape index (κ2) is 6.63. The van der Waals surface area contributed by atoms with Crippen LogP contribution in [0.15, 0.2) is 22.2 Å². The Balaban J connectivity index is 2.18. The highest BCUT2D eigenvalue weighted by Crippen LogP contribution is 2.10. The fourth-order valence-electron chi connectivity index (χ4n) is 1.06. The molecule has 0 fully saturated rings. The van der Waals surface area contributed by atoms with Crippen LogP contribution in [0.5, 0.6) is 0 Å². The van der Waals surface area contributed by atoms with Crippen molar-refractivity contribution in [3.8, 4) is 0 Å². The molecule has 0 bridgehead atoms. The lowest BCUT2D eigenvalue weighted by Gasteiger charge is -2.06. The molecular weight excluding hydrogens is 210 g/mol. The largest absolute Gasteiger partial charge is 0.315 e. The van der Waals surface area contributed by atoms with Crippen molar-refractivity contribution in [2.24, 2.45) is 0 Å². The molecule has 5 heteroatoms. The van der Waals surface area contributed by atoms with Gasteiger partial charge in [-0.1, -0.05) is 25.6 Å². The molecule has 4 nitrogen and oxygen atoms in total. The van der Waals surface area contributed by atoms with E-state index in [0.29, 0.717) is 11.2 Å². The van der Waals surface area contributed by atoms with Gasteiger partial charge >= 0.3 is 0 Å². The van der Waals surface area contributed by atoms with Crippen molar-refractivity contribution in [1.82, 2.24) is 15.3 Å². The van der Waals surface area contributed by atoms with Gasteiger partial charge in [-0.05, 0) is 13.0 Å². The van der Waals surface area contributed by atoms with Crippen molar-refractivity contribution in [3.05, 3.63) is 22.6 Å². The monoisotopic (exact) mass is 227 g/mol. The molecule has 0 saturated heterocycles. The highest BCUT2D eigenvalue weighted by atomic mass is 32.2. The van der Waals surface area contributed by atoms with Gasteiger partial charge in [-0.15, -0.1) is 0 Å². The molecule has 0 unspecified atom stereocenters. The number of hydrogen-bond donors (Lipinski definition) is 2. The third-order valence-electron chi connectivity index (χ3n) is 1.76. The summed E-state index contributed by atoms with van der Waals surface area (Å²) in [6.45, 7) is 5.26. The molecule has 0 aliphatic carbocycles. The predicted molar refractivity (Wildman–Crippen MR) is 63.3 cm³/mol. The molecule has 0 aromatic carbocycles. The van der Waals surface area contributed by atoms with Crippen LogP contribution in [0.4, 0.5) is 0 Å². The first-order chi connectivity index (χ1) is 7.18. The Hall–Kier alpha value is -0.810. The molecule has 0 saturated carbocycles. The molecule has 0 radical (unpaired) electrons. The summed E-state index contributed by atoms with van der Waals surface area (Å²) in [5, 5.41) is 4.04. The van der Waals surface area contributed by atoms with E-state index in [-0.39, 0.29) is 5.56 Å². The molecular formula is C10H17N3OS. The summed E-state index contributed by atoms with van der Waals surface area (Å²) < 4.78 is 0. The van der Waals surface area contributed by atoms with Crippen molar-refractivity contribution >= 4 is 11.8 Å². The summed E-state index contributed by atoms with van der Waals surface area (Å²) >= 11 is 1.58. The van der Waals surface area contributed by atoms with Crippen molar-refractivity contribution < 1.29 is 0 Å². The summed E-state index contributed by atoms with van der Waals surface area (Å²) in [4.78, 5) is 17.7. The molecule has 0 aliphatic rings. The number of aromatic nitrogens is 2. The Morgan fingerprint density at radius 2 is 2.40 bits per heavy atom. The summed E-state index contributed by atoms with van der Waals surface area (Å²) in [5.74, 6) is 0.965. The summed E-state index contributed by atoms with van der Waals surface area (Å²) in [6.07, 6.45) is 2.61. The van der Waals surface area contributed by atoms with Crippen LogP contribution in [0.25, 0.3) is 0 Å². The van der Waals surface area contributed by atoms with Crippen LogP contribution in [-0.2, 0) is 0 Å². The van der Waals surface area contributed by atoms with E-state index in [0.717, 1.165) is 18.7 Å². The number of nitrogens with zero attached hydrogens (tertiary/aromatic N) is 1. The lowest BCUT2D eigenvalue weighted by molar-refractivity contribution is 0.585. The Labute approximate surface area is 93.9 Å². The Morgan fingerprint density at radius 3 is 3.07 bits per heavy atom. The molecule has 1 rings (SSSR count). The molecule has 1 aromatic rings. The first kappa shape index (κ1) is 12.3. The van der Waals surface area contributed by atoms with E-state index in [9.17, 15) is 4.79 Å². The van der Waals surface area contributed by atoms with Crippen LogP contribution in [0.1, 0.15) is 20.3 Å². The average Bonchev–Trinajstić information content (AvgIpc) is 2.17. The van der Waals surface area contributed by atoms with Gasteiger partial charge in [-0.25, -0.2) is 4.98 Å². The number of rotatable bonds is 6. The maximum absolute atomic E-state index is 10.9. The maximum atomic E-state index is 10.9. The predicted octanol–water partition coefficient (Wildman–Crippen LogP) is 1.25. The summed E-state index contributed by atoms with van der Waals surface area (Å²) in [6, 6.07) is 1.95. The normalized spacial score (nSPS) is 10.9. The average molecular weight is 227 g/mol. The lowest BCUT2D eigenvalue weighted by atomic mass is 10.4. The first-order valence-corrected chi connectivity index (χ1v) is 6.08. The Bertz CT molecular complexity index is 337. The SMILES string of the molecule is CC(C)NCCCSc1nccc(=O)[nH]1. The van der Waals surface area contributed by atoms with E-state index in [4.69, 9.17) is 0 Å². The van der Waals surface area contributed by atoms with E-state index in [1.54, 1.807) is 11.8 Å². The van der Waals surface area contributed by atoms with Crippen LogP contribution in [0.2, 0.25) is 0 Å². The van der Waals surface area contributed by atoms with E-state index in [1.165, 1.54) is 12.3 Å². The van der Waals surface area contributed by atoms with Gasteiger partial charge in [0.2, 0.25) is 0 Å². The van der Waals surface area contributed by atoms with Crippen LogP contribution in [-0.4, -0.2) is 28.3 Å². The van der Waals surface area contributed by atoms with Crippen LogP contribution in [0, 0.1) is 0 Å². The molecule has 0 spiro atoms. The summed E-state index contributed by atoms with van der Waals surface area (Å²) in [7, 11) is 0. The van der Waals surface area contributed by atoms with Crippen molar-refractivity contribution in [2.45, 2.75) is 31.5 Å². The molecule has 0 amide bonds. The fraction of sp³-hybridized carbons (Fsp3) is 0.600. The molecule has 0 atom stereocenters. The number of thioether (sulfide) groups is 1. The van der Waals surface area contributed by atoms with E-state index < -0.39 is 0 Å². The molecule has 15 heavy (non-hydrogen) atoms. The van der Waals surface area contributed by atoms with Crippen LogP contribution < -0.4 is 10.9 Å². The second-order valence-corrected chi connectivity index (χ2v) is 4.63. The Kier molecular flexibility index (Phi) is 5.42. The van der Waals surface area contributed by atoms with Gasteiger partial charge in [-0.3, -0.25) is 4.79 Å².